The maximum Gasteiger partial charge on any atom is 0.248 e. The molecule has 5 N–H and O–H groups in total. The molecule has 3 amide bonds. The molecule has 0 aliphatic carbocycles. The number of aromatic nitrogens is 2. The first kappa shape index (κ1) is 32.3. The number of benzene rings is 2. The number of rotatable bonds is 12. The lowest BCUT2D eigenvalue weighted by Gasteiger charge is -2.23. The van der Waals surface area contributed by atoms with Crippen molar-refractivity contribution in [3.8, 4) is 11.8 Å². The molecule has 3 rings (SSSR count). The predicted molar refractivity (Wildman–Crippen MR) is 170 cm³/mol. The van der Waals surface area contributed by atoms with Gasteiger partial charge in [0.15, 0.2) is 0 Å². The van der Waals surface area contributed by atoms with Crippen molar-refractivity contribution in [1.29, 1.82) is 0 Å². The molecule has 3 aromatic rings. The molecule has 224 valence electrons. The molecule has 0 spiro atoms. The molecule has 2 aromatic carbocycles. The second-order valence-electron chi connectivity index (χ2n) is 10.1. The molecule has 0 bridgehead atoms. The molecule has 0 saturated heterocycles. The Hall–Kier alpha value is -5.21. The van der Waals surface area contributed by atoms with E-state index in [1.54, 1.807) is 68.7 Å². The zero-order chi connectivity index (χ0) is 31.4. The van der Waals surface area contributed by atoms with Gasteiger partial charge in [-0.25, -0.2) is 4.98 Å². The summed E-state index contributed by atoms with van der Waals surface area (Å²) < 4.78 is 0. The lowest BCUT2D eigenvalue weighted by molar-refractivity contribution is -0.132. The van der Waals surface area contributed by atoms with Crippen LogP contribution in [0.1, 0.15) is 41.8 Å². The van der Waals surface area contributed by atoms with E-state index in [1.807, 2.05) is 25.1 Å². The van der Waals surface area contributed by atoms with Crippen molar-refractivity contribution in [2.24, 2.45) is 5.73 Å². The third kappa shape index (κ3) is 9.98. The highest BCUT2D eigenvalue weighted by Gasteiger charge is 2.21. The molecule has 0 unspecified atom stereocenters. The smallest absolute Gasteiger partial charge is 0.248 e. The fraction of sp³-hybridized carbons (Fsp3) is 0.281. The summed E-state index contributed by atoms with van der Waals surface area (Å²) in [5, 5.41) is 9.27. The molecule has 11 nitrogen and oxygen atoms in total. The van der Waals surface area contributed by atoms with E-state index in [-0.39, 0.29) is 11.8 Å². The van der Waals surface area contributed by atoms with Crippen molar-refractivity contribution in [2.45, 2.75) is 26.3 Å². The van der Waals surface area contributed by atoms with E-state index >= 15 is 0 Å². The summed E-state index contributed by atoms with van der Waals surface area (Å²) in [6.07, 6.45) is 5.75. The first-order chi connectivity index (χ1) is 20.6. The lowest BCUT2D eigenvalue weighted by Crippen LogP contribution is -2.42. The lowest BCUT2D eigenvalue weighted by atomic mass is 10.1. The van der Waals surface area contributed by atoms with Gasteiger partial charge in [-0.15, -0.1) is 0 Å². The average molecular weight is 583 g/mol. The van der Waals surface area contributed by atoms with Crippen molar-refractivity contribution in [3.05, 3.63) is 83.6 Å². The van der Waals surface area contributed by atoms with Crippen LogP contribution in [0.25, 0.3) is 0 Å². The Kier molecular flexibility index (Phi) is 11.8. The van der Waals surface area contributed by atoms with Gasteiger partial charge in [-0.1, -0.05) is 30.9 Å². The number of carbonyl (C=O) groups excluding carboxylic acids is 3. The van der Waals surface area contributed by atoms with Crippen LogP contribution in [0.5, 0.6) is 0 Å². The quantitative estimate of drug-likeness (QED) is 0.188. The van der Waals surface area contributed by atoms with Gasteiger partial charge >= 0.3 is 0 Å². The molecule has 0 saturated carbocycles. The maximum absolute atomic E-state index is 12.9. The standard InChI is InChI=1S/C32H38N8O3/c1-6-18-34-30-25(21-35-32(38-30)37-26-16-14-24(15-17-26)29(33)42)13-12-23-9-7-10-27(20-23)36-31(43)22(2)40(5)28(41)11-8-19-39(3)4/h7-11,14-17,20-22H,6,18-19H2,1-5H3,(H2,33,42)(H,36,43)(H2,34,35,37,38)/t22-/m0/s1. The SMILES string of the molecule is CCCNc1nc(Nc2ccc(C(N)=O)cc2)ncc1C#Cc1cccc(NC(=O)[C@H](C)N(C)C(=O)C=CCN(C)C)c1. The van der Waals surface area contributed by atoms with Crippen molar-refractivity contribution < 1.29 is 14.4 Å². The van der Waals surface area contributed by atoms with E-state index in [9.17, 15) is 14.4 Å². The van der Waals surface area contributed by atoms with Crippen molar-refractivity contribution in [2.75, 3.05) is 50.2 Å². The summed E-state index contributed by atoms with van der Waals surface area (Å²) in [5.74, 6) is 6.12. The Bertz CT molecular complexity index is 1520. The van der Waals surface area contributed by atoms with Gasteiger partial charge in [-0.2, -0.15) is 4.98 Å². The Labute approximate surface area is 252 Å². The van der Waals surface area contributed by atoms with Crippen LogP contribution in [0.4, 0.5) is 23.1 Å². The number of anilines is 4. The minimum atomic E-state index is -0.677. The van der Waals surface area contributed by atoms with Crippen LogP contribution in [0, 0.1) is 11.8 Å². The molecule has 1 heterocycles. The number of carbonyl (C=O) groups is 3. The molecule has 1 aromatic heterocycles. The number of hydrogen-bond donors (Lipinski definition) is 4. The Morgan fingerprint density at radius 2 is 1.79 bits per heavy atom. The van der Waals surface area contributed by atoms with E-state index in [0.29, 0.717) is 52.9 Å². The van der Waals surface area contributed by atoms with E-state index in [4.69, 9.17) is 5.73 Å². The van der Waals surface area contributed by atoms with Gasteiger partial charge in [0, 0.05) is 48.7 Å². The van der Waals surface area contributed by atoms with Crippen LogP contribution in [0.15, 0.2) is 66.9 Å². The van der Waals surface area contributed by atoms with Crippen LogP contribution in [-0.2, 0) is 9.59 Å². The van der Waals surface area contributed by atoms with Crippen molar-refractivity contribution >= 4 is 40.9 Å². The van der Waals surface area contributed by atoms with Crippen LogP contribution >= 0.6 is 0 Å². The molecule has 43 heavy (non-hydrogen) atoms. The van der Waals surface area contributed by atoms with E-state index < -0.39 is 11.9 Å². The third-order valence-electron chi connectivity index (χ3n) is 6.27. The highest BCUT2D eigenvalue weighted by Crippen LogP contribution is 2.18. The topological polar surface area (TPSA) is 146 Å². The van der Waals surface area contributed by atoms with Gasteiger partial charge < -0.3 is 31.5 Å². The van der Waals surface area contributed by atoms with Gasteiger partial charge in [0.1, 0.15) is 11.9 Å². The fourth-order valence-corrected chi connectivity index (χ4v) is 3.67. The number of hydrogen-bond acceptors (Lipinski definition) is 8. The summed E-state index contributed by atoms with van der Waals surface area (Å²) in [5.41, 5.74) is 8.28. The highest BCUT2D eigenvalue weighted by atomic mass is 16.2. The maximum atomic E-state index is 12.9. The third-order valence-corrected chi connectivity index (χ3v) is 6.27. The number of primary amides is 1. The fourth-order valence-electron chi connectivity index (χ4n) is 3.67. The van der Waals surface area contributed by atoms with Gasteiger partial charge in [-0.3, -0.25) is 14.4 Å². The number of likely N-dealkylation sites (N-methyl/N-ethyl adjacent to an activating group) is 2. The van der Waals surface area contributed by atoms with Crippen LogP contribution < -0.4 is 21.7 Å². The predicted octanol–water partition coefficient (Wildman–Crippen LogP) is 3.44. The molecule has 1 atom stereocenters. The van der Waals surface area contributed by atoms with Gasteiger partial charge in [0.05, 0.1) is 11.8 Å². The highest BCUT2D eigenvalue weighted by molar-refractivity contribution is 5.98. The van der Waals surface area contributed by atoms with Crippen molar-refractivity contribution in [3.63, 3.8) is 0 Å². The van der Waals surface area contributed by atoms with E-state index in [2.05, 4.69) is 44.7 Å². The van der Waals surface area contributed by atoms with Gasteiger partial charge in [0.25, 0.3) is 0 Å². The summed E-state index contributed by atoms with van der Waals surface area (Å²) in [6.45, 7) is 5.05. The second-order valence-corrected chi connectivity index (χ2v) is 10.1. The first-order valence-corrected chi connectivity index (χ1v) is 13.9. The van der Waals surface area contributed by atoms with Crippen LogP contribution in [0.3, 0.4) is 0 Å². The van der Waals surface area contributed by atoms with Crippen LogP contribution in [0.2, 0.25) is 0 Å². The zero-order valence-corrected chi connectivity index (χ0v) is 25.1. The minimum absolute atomic E-state index is 0.249. The first-order valence-electron chi connectivity index (χ1n) is 13.9. The summed E-state index contributed by atoms with van der Waals surface area (Å²) in [7, 11) is 5.42. The summed E-state index contributed by atoms with van der Waals surface area (Å²) in [6, 6.07) is 13.2. The molecule has 0 fully saturated rings. The number of nitrogens with one attached hydrogen (secondary N) is 3. The molecule has 0 aliphatic rings. The number of nitrogens with two attached hydrogens (primary N) is 1. The molecule has 11 heteroatoms. The minimum Gasteiger partial charge on any atom is -0.369 e. The van der Waals surface area contributed by atoms with Crippen molar-refractivity contribution in [1.82, 2.24) is 19.8 Å². The Balaban J connectivity index is 1.72. The van der Waals surface area contributed by atoms with E-state index in [0.717, 1.165) is 6.42 Å². The Morgan fingerprint density at radius 1 is 1.05 bits per heavy atom. The zero-order valence-electron chi connectivity index (χ0n) is 25.1. The molecule has 0 aliphatic heterocycles. The van der Waals surface area contributed by atoms with Gasteiger partial charge in [0.2, 0.25) is 23.7 Å². The normalized spacial score (nSPS) is 11.4. The molecule has 0 radical (unpaired) electrons. The number of amides is 3. The summed E-state index contributed by atoms with van der Waals surface area (Å²) >= 11 is 0. The van der Waals surface area contributed by atoms with Crippen LogP contribution in [-0.4, -0.2) is 77.8 Å². The average Bonchev–Trinajstić information content (AvgIpc) is 2.99. The molecular weight excluding hydrogens is 544 g/mol. The monoisotopic (exact) mass is 582 g/mol. The molecular formula is C32H38N8O3. The van der Waals surface area contributed by atoms with E-state index in [1.165, 1.54) is 11.0 Å². The largest absolute Gasteiger partial charge is 0.369 e. The number of nitrogens with zero attached hydrogens (tertiary/aromatic N) is 4. The van der Waals surface area contributed by atoms with Gasteiger partial charge in [-0.05, 0) is 69.9 Å². The second kappa shape index (κ2) is 15.7. The summed E-state index contributed by atoms with van der Waals surface area (Å²) in [4.78, 5) is 48.9. The Morgan fingerprint density at radius 3 is 2.47 bits per heavy atom.